The van der Waals surface area contributed by atoms with Crippen LogP contribution in [0.15, 0.2) is 30.3 Å². The van der Waals surface area contributed by atoms with Crippen molar-refractivity contribution in [1.82, 2.24) is 5.32 Å². The molecule has 1 aliphatic rings. The zero-order valence-electron chi connectivity index (χ0n) is 9.52. The van der Waals surface area contributed by atoms with E-state index in [1.807, 2.05) is 30.3 Å². The Balaban J connectivity index is 1.75. The summed E-state index contributed by atoms with van der Waals surface area (Å²) < 4.78 is 5.52. The minimum Gasteiger partial charge on any atom is -0.494 e. The van der Waals surface area contributed by atoms with Gasteiger partial charge in [0, 0.05) is 12.3 Å². The average molecular weight is 233 g/mol. The molecule has 4 heteroatoms. The third kappa shape index (κ3) is 3.31. The molecule has 0 saturated carbocycles. The third-order valence-electron chi connectivity index (χ3n) is 2.83. The molecule has 0 aliphatic carbocycles. The molecule has 1 aromatic carbocycles. The predicted octanol–water partition coefficient (Wildman–Crippen LogP) is 1.51. The Kier molecular flexibility index (Phi) is 3.75. The summed E-state index contributed by atoms with van der Waals surface area (Å²) in [6, 6.07) is 9.49. The van der Waals surface area contributed by atoms with Crippen molar-refractivity contribution in [3.63, 3.8) is 0 Å². The lowest BCUT2D eigenvalue weighted by atomic mass is 9.95. The highest BCUT2D eigenvalue weighted by Gasteiger charge is 2.26. The van der Waals surface area contributed by atoms with Crippen molar-refractivity contribution in [1.29, 1.82) is 0 Å². The molecule has 4 nitrogen and oxygen atoms in total. The zero-order chi connectivity index (χ0) is 12.1. The number of amides is 2. The lowest BCUT2D eigenvalue weighted by Crippen LogP contribution is -2.41. The Bertz CT molecular complexity index is 402. The van der Waals surface area contributed by atoms with Crippen LogP contribution in [0.25, 0.3) is 0 Å². The molecule has 0 radical (unpaired) electrons. The molecule has 2 rings (SSSR count). The third-order valence-corrected chi connectivity index (χ3v) is 2.83. The highest BCUT2D eigenvalue weighted by Crippen LogP contribution is 2.17. The van der Waals surface area contributed by atoms with Crippen molar-refractivity contribution < 1.29 is 14.3 Å². The van der Waals surface area contributed by atoms with Gasteiger partial charge in [-0.3, -0.25) is 14.9 Å². The van der Waals surface area contributed by atoms with Crippen molar-refractivity contribution in [2.24, 2.45) is 5.92 Å². The van der Waals surface area contributed by atoms with E-state index in [1.165, 1.54) is 0 Å². The summed E-state index contributed by atoms with van der Waals surface area (Å²) in [4.78, 5) is 22.4. The molecule has 1 fully saturated rings. The lowest BCUT2D eigenvalue weighted by Gasteiger charge is -2.20. The molecular formula is C13H15NO3. The maximum absolute atomic E-state index is 11.5. The van der Waals surface area contributed by atoms with Gasteiger partial charge in [-0.1, -0.05) is 18.2 Å². The molecule has 1 aromatic rings. The van der Waals surface area contributed by atoms with Gasteiger partial charge >= 0.3 is 0 Å². The fourth-order valence-corrected chi connectivity index (χ4v) is 1.85. The van der Waals surface area contributed by atoms with E-state index < -0.39 is 0 Å². The zero-order valence-corrected chi connectivity index (χ0v) is 9.52. The molecule has 1 aliphatic heterocycles. The Labute approximate surface area is 100.0 Å². The number of imide groups is 1. The second kappa shape index (κ2) is 5.48. The number of carbonyl (C=O) groups is 2. The predicted molar refractivity (Wildman–Crippen MR) is 62.4 cm³/mol. The Morgan fingerprint density at radius 1 is 1.24 bits per heavy atom. The monoisotopic (exact) mass is 233 g/mol. The number of piperidine rings is 1. The number of para-hydroxylation sites is 1. The summed E-state index contributed by atoms with van der Waals surface area (Å²) in [5.74, 6) is 0.365. The Morgan fingerprint density at radius 2 is 2.00 bits per heavy atom. The van der Waals surface area contributed by atoms with Gasteiger partial charge in [0.15, 0.2) is 0 Å². The number of carbonyl (C=O) groups excluding carboxylic acids is 2. The van der Waals surface area contributed by atoms with Crippen LogP contribution >= 0.6 is 0 Å². The SMILES string of the molecule is O=C1CCC(CCOc2ccccc2)C(=O)N1. The quantitative estimate of drug-likeness (QED) is 0.802. The lowest BCUT2D eigenvalue weighted by molar-refractivity contribution is -0.136. The van der Waals surface area contributed by atoms with E-state index in [4.69, 9.17) is 4.74 Å². The molecule has 0 bridgehead atoms. The maximum Gasteiger partial charge on any atom is 0.229 e. The van der Waals surface area contributed by atoms with Gasteiger partial charge in [0.2, 0.25) is 11.8 Å². The van der Waals surface area contributed by atoms with Gasteiger partial charge in [-0.25, -0.2) is 0 Å². The minimum absolute atomic E-state index is 0.101. The van der Waals surface area contributed by atoms with Gasteiger partial charge < -0.3 is 4.74 Å². The van der Waals surface area contributed by atoms with Crippen molar-refractivity contribution in [3.8, 4) is 5.75 Å². The summed E-state index contributed by atoms with van der Waals surface area (Å²) in [5, 5.41) is 2.34. The molecule has 0 aromatic heterocycles. The molecule has 1 heterocycles. The van der Waals surface area contributed by atoms with Gasteiger partial charge in [0.05, 0.1) is 6.61 Å². The van der Waals surface area contributed by atoms with Crippen molar-refractivity contribution >= 4 is 11.8 Å². The molecule has 1 atom stereocenters. The van der Waals surface area contributed by atoms with Gasteiger partial charge in [-0.2, -0.15) is 0 Å². The Morgan fingerprint density at radius 3 is 2.71 bits per heavy atom. The van der Waals surface area contributed by atoms with Crippen molar-refractivity contribution in [2.75, 3.05) is 6.61 Å². The summed E-state index contributed by atoms with van der Waals surface area (Å²) in [6.07, 6.45) is 1.71. The second-order valence-corrected chi connectivity index (χ2v) is 4.10. The molecule has 1 unspecified atom stereocenters. The Hall–Kier alpha value is -1.84. The van der Waals surface area contributed by atoms with Crippen molar-refractivity contribution in [3.05, 3.63) is 30.3 Å². The van der Waals surface area contributed by atoms with E-state index in [0.29, 0.717) is 25.9 Å². The van der Waals surface area contributed by atoms with Gasteiger partial charge in [-0.15, -0.1) is 0 Å². The number of hydrogen-bond acceptors (Lipinski definition) is 3. The van der Waals surface area contributed by atoms with Gasteiger partial charge in [0.1, 0.15) is 5.75 Å². The summed E-state index contributed by atoms with van der Waals surface area (Å²) in [6.45, 7) is 0.496. The van der Waals surface area contributed by atoms with Crippen LogP contribution in [0.1, 0.15) is 19.3 Å². The summed E-state index contributed by atoms with van der Waals surface area (Å²) >= 11 is 0. The number of rotatable bonds is 4. The largest absolute Gasteiger partial charge is 0.494 e. The summed E-state index contributed by atoms with van der Waals surface area (Å²) in [5.41, 5.74) is 0. The normalized spacial score (nSPS) is 19.9. The first-order chi connectivity index (χ1) is 8.25. The van der Waals surface area contributed by atoms with E-state index in [-0.39, 0.29) is 17.7 Å². The fourth-order valence-electron chi connectivity index (χ4n) is 1.85. The second-order valence-electron chi connectivity index (χ2n) is 4.10. The fraction of sp³-hybridized carbons (Fsp3) is 0.385. The first kappa shape index (κ1) is 11.6. The van der Waals surface area contributed by atoms with E-state index in [2.05, 4.69) is 5.32 Å². The van der Waals surface area contributed by atoms with E-state index in [1.54, 1.807) is 0 Å². The number of nitrogens with one attached hydrogen (secondary N) is 1. The van der Waals surface area contributed by atoms with E-state index >= 15 is 0 Å². The number of ether oxygens (including phenoxy) is 1. The topological polar surface area (TPSA) is 55.4 Å². The van der Waals surface area contributed by atoms with Gasteiger partial charge in [0.25, 0.3) is 0 Å². The standard InChI is InChI=1S/C13H15NO3/c15-12-7-6-10(13(16)14-12)8-9-17-11-4-2-1-3-5-11/h1-5,10H,6-9H2,(H,14,15,16). The molecule has 2 amide bonds. The molecule has 90 valence electrons. The van der Waals surface area contributed by atoms with Crippen LogP contribution in [0.4, 0.5) is 0 Å². The van der Waals surface area contributed by atoms with Crippen LogP contribution < -0.4 is 10.1 Å². The van der Waals surface area contributed by atoms with Gasteiger partial charge in [-0.05, 0) is 25.0 Å². The van der Waals surface area contributed by atoms with Crippen molar-refractivity contribution in [2.45, 2.75) is 19.3 Å². The van der Waals surface area contributed by atoms with Crippen LogP contribution in [-0.2, 0) is 9.59 Å². The molecule has 17 heavy (non-hydrogen) atoms. The highest BCUT2D eigenvalue weighted by molar-refractivity contribution is 5.98. The average Bonchev–Trinajstić information content (AvgIpc) is 2.33. The van der Waals surface area contributed by atoms with Crippen LogP contribution in [0.2, 0.25) is 0 Å². The number of hydrogen-bond donors (Lipinski definition) is 1. The summed E-state index contributed by atoms with van der Waals surface area (Å²) in [7, 11) is 0. The first-order valence-electron chi connectivity index (χ1n) is 5.77. The van der Waals surface area contributed by atoms with E-state index in [9.17, 15) is 9.59 Å². The minimum atomic E-state index is -0.171. The first-order valence-corrected chi connectivity index (χ1v) is 5.77. The van der Waals surface area contributed by atoms with Crippen LogP contribution in [0.3, 0.4) is 0 Å². The molecule has 0 spiro atoms. The molecule has 1 N–H and O–H groups in total. The number of benzene rings is 1. The molecular weight excluding hydrogens is 218 g/mol. The maximum atomic E-state index is 11.5. The highest BCUT2D eigenvalue weighted by atomic mass is 16.5. The van der Waals surface area contributed by atoms with Crippen LogP contribution in [0, 0.1) is 5.92 Å². The smallest absolute Gasteiger partial charge is 0.229 e. The van der Waals surface area contributed by atoms with Crippen LogP contribution in [-0.4, -0.2) is 18.4 Å². The van der Waals surface area contributed by atoms with E-state index in [0.717, 1.165) is 5.75 Å². The van der Waals surface area contributed by atoms with Crippen LogP contribution in [0.5, 0.6) is 5.75 Å². The molecule has 1 saturated heterocycles.